The molecule has 11 nitrogen and oxygen atoms in total. The van der Waals surface area contributed by atoms with E-state index < -0.39 is 67.4 Å². The number of nitrogens with one attached hydrogen (secondary N) is 1. The Bertz CT molecular complexity index is 1690. The van der Waals surface area contributed by atoms with Gasteiger partial charge in [0.1, 0.15) is 24.4 Å². The summed E-state index contributed by atoms with van der Waals surface area (Å²) in [7, 11) is 0. The number of ether oxygens (including phenoxy) is 3. The second-order valence-electron chi connectivity index (χ2n) is 22.5. The Morgan fingerprint density at radius 1 is 0.494 bits per heavy atom. The average Bonchev–Trinajstić information content (AvgIpc) is 3.46. The lowest BCUT2D eigenvalue weighted by molar-refractivity contribution is -0.305. The van der Waals surface area contributed by atoms with Gasteiger partial charge in [0.25, 0.3) is 0 Å². The van der Waals surface area contributed by atoms with Crippen molar-refractivity contribution in [2.24, 2.45) is 0 Å². The smallest absolute Gasteiger partial charge is 0.306 e. The van der Waals surface area contributed by atoms with Crippen molar-refractivity contribution in [2.45, 2.75) is 320 Å². The van der Waals surface area contributed by atoms with Crippen LogP contribution in [-0.4, -0.2) is 99.6 Å². The Balaban J connectivity index is 2.68. The van der Waals surface area contributed by atoms with Crippen molar-refractivity contribution in [3.8, 4) is 0 Å². The van der Waals surface area contributed by atoms with Gasteiger partial charge in [0.15, 0.2) is 12.4 Å². The molecule has 11 heteroatoms. The van der Waals surface area contributed by atoms with Crippen LogP contribution >= 0.6 is 0 Å². The number of allylic oxidation sites excluding steroid dienone is 15. The zero-order chi connectivity index (χ0) is 58.9. The molecule has 8 atom stereocenters. The Hall–Kier alpha value is -3.42. The predicted octanol–water partition coefficient (Wildman–Crippen LogP) is 16.3. The molecule has 1 aliphatic heterocycles. The lowest BCUT2D eigenvalue weighted by Gasteiger charge is -2.41. The summed E-state index contributed by atoms with van der Waals surface area (Å²) in [4.78, 5) is 26.6. The highest BCUT2D eigenvalue weighted by molar-refractivity contribution is 5.80. The zero-order valence-corrected chi connectivity index (χ0v) is 51.6. The summed E-state index contributed by atoms with van der Waals surface area (Å²) in [5.74, 6) is -1.22. The van der Waals surface area contributed by atoms with Gasteiger partial charge < -0.3 is 45.1 Å². The van der Waals surface area contributed by atoms with Crippen molar-refractivity contribution in [1.82, 2.24) is 5.32 Å². The Morgan fingerprint density at radius 2 is 0.889 bits per heavy atom. The van der Waals surface area contributed by atoms with Crippen molar-refractivity contribution in [1.29, 1.82) is 0 Å². The summed E-state index contributed by atoms with van der Waals surface area (Å²) >= 11 is 0. The van der Waals surface area contributed by atoms with Crippen LogP contribution < -0.4 is 5.32 Å². The van der Waals surface area contributed by atoms with E-state index in [9.17, 15) is 35.1 Å². The molecule has 1 rings (SSSR count). The molecule has 466 valence electrons. The molecule has 1 saturated heterocycles. The van der Waals surface area contributed by atoms with Crippen LogP contribution in [0.25, 0.3) is 0 Å². The molecule has 0 aliphatic carbocycles. The van der Waals surface area contributed by atoms with Gasteiger partial charge in [-0.2, -0.15) is 0 Å². The van der Waals surface area contributed by atoms with E-state index in [4.69, 9.17) is 14.2 Å². The first-order chi connectivity index (χ1) is 39.7. The third kappa shape index (κ3) is 44.7. The maximum atomic E-state index is 13.5. The van der Waals surface area contributed by atoms with Crippen LogP contribution in [0, 0.1) is 0 Å². The van der Waals surface area contributed by atoms with Gasteiger partial charge in [-0.1, -0.05) is 259 Å². The normalized spacial score (nSPS) is 19.3. The van der Waals surface area contributed by atoms with Crippen LogP contribution in [0.5, 0.6) is 0 Å². The van der Waals surface area contributed by atoms with Crippen LogP contribution in [0.1, 0.15) is 271 Å². The number of aliphatic hydroxyl groups is 5. The number of unbranched alkanes of at least 4 members (excludes halogenated alkanes) is 27. The number of amides is 1. The minimum absolute atomic E-state index is 0.112. The van der Waals surface area contributed by atoms with E-state index in [1.54, 1.807) is 6.08 Å². The molecule has 0 spiro atoms. The minimum Gasteiger partial charge on any atom is -0.454 e. The molecule has 8 unspecified atom stereocenters. The zero-order valence-electron chi connectivity index (χ0n) is 51.6. The maximum Gasteiger partial charge on any atom is 0.306 e. The van der Waals surface area contributed by atoms with Gasteiger partial charge >= 0.3 is 5.97 Å². The molecule has 1 fully saturated rings. The van der Waals surface area contributed by atoms with Crippen molar-refractivity contribution < 1.29 is 49.3 Å². The standard InChI is InChI=1S/C70H121NO10/c1-4-7-10-13-16-19-22-25-27-29-31-33-34-36-39-42-45-48-51-54-57-63(74)69(78)71-61(62(73)56-53-50-47-44-41-38-24-21-18-15-12-9-6-3)60-79-70-68(67(77)66(76)64(59-72)80-70)81-65(75)58-55-52-49-46-43-40-37-35-32-30-28-26-23-20-17-14-11-8-5-2/h7,10,16-17,19-20,25-28,31,33,36,39,53,56,61-64,66-68,70,72-74,76-77H,4-6,8-9,11-15,18,21-24,29-30,32,34-35,37-38,40-52,54-55,57-60H2,1-3H3,(H,71,78)/b10-7-,19-16-,20-17-,27-25-,28-26-,33-31-,39-36-,56-53+. The quantitative estimate of drug-likeness (QED) is 0.0195. The van der Waals surface area contributed by atoms with E-state index in [1.807, 2.05) is 6.08 Å². The molecule has 1 amide bonds. The van der Waals surface area contributed by atoms with Crippen LogP contribution in [0.4, 0.5) is 0 Å². The van der Waals surface area contributed by atoms with Crippen molar-refractivity contribution in [3.05, 3.63) is 97.2 Å². The molecule has 0 saturated carbocycles. The molecule has 0 aromatic rings. The number of hydrogen-bond donors (Lipinski definition) is 6. The molecule has 0 bridgehead atoms. The third-order valence-electron chi connectivity index (χ3n) is 15.0. The number of carbonyl (C=O) groups excluding carboxylic acids is 2. The second-order valence-corrected chi connectivity index (χ2v) is 22.5. The maximum absolute atomic E-state index is 13.5. The molecule has 0 radical (unpaired) electrons. The van der Waals surface area contributed by atoms with Gasteiger partial charge in [-0.05, 0) is 103 Å². The first-order valence-electron chi connectivity index (χ1n) is 33.0. The summed E-state index contributed by atoms with van der Waals surface area (Å²) in [6.07, 6.45) is 65.7. The van der Waals surface area contributed by atoms with E-state index in [-0.39, 0.29) is 19.4 Å². The lowest BCUT2D eigenvalue weighted by atomic mass is 9.99. The van der Waals surface area contributed by atoms with Crippen LogP contribution in [0.3, 0.4) is 0 Å². The van der Waals surface area contributed by atoms with Crippen LogP contribution in [0.2, 0.25) is 0 Å². The van der Waals surface area contributed by atoms with Crippen LogP contribution in [0.15, 0.2) is 97.2 Å². The fourth-order valence-electron chi connectivity index (χ4n) is 9.77. The molecular weight excluding hydrogens is 1010 g/mol. The molecule has 0 aromatic heterocycles. The van der Waals surface area contributed by atoms with E-state index >= 15 is 0 Å². The van der Waals surface area contributed by atoms with E-state index in [0.29, 0.717) is 12.8 Å². The molecule has 1 aliphatic rings. The number of carbonyl (C=O) groups is 2. The SMILES string of the molecule is CC/C=C\C/C=C\C/C=C\C/C=C\C/C=C\CCCCCCC(O)C(=O)NC(COC1OC(CO)C(O)C(O)C1OC(=O)CCCCCCCCCCC/C=C\C/C=C\CCCCC)C(O)/C=C/CCCCCCCCCCCCC. The molecular formula is C70H121NO10. The van der Waals surface area contributed by atoms with E-state index in [2.05, 4.69) is 111 Å². The summed E-state index contributed by atoms with van der Waals surface area (Å²) in [5.41, 5.74) is 0. The Labute approximate surface area is 495 Å². The Kier molecular flexibility index (Phi) is 53.2. The van der Waals surface area contributed by atoms with Crippen molar-refractivity contribution in [3.63, 3.8) is 0 Å². The second kappa shape index (κ2) is 57.0. The summed E-state index contributed by atoms with van der Waals surface area (Å²) in [6.45, 7) is 5.65. The van der Waals surface area contributed by atoms with Gasteiger partial charge in [-0.3, -0.25) is 9.59 Å². The van der Waals surface area contributed by atoms with E-state index in [1.165, 1.54) is 109 Å². The molecule has 6 N–H and O–H groups in total. The summed E-state index contributed by atoms with van der Waals surface area (Å²) < 4.78 is 17.6. The number of aliphatic hydroxyl groups excluding tert-OH is 5. The van der Waals surface area contributed by atoms with Crippen molar-refractivity contribution in [2.75, 3.05) is 13.2 Å². The minimum atomic E-state index is -1.62. The highest BCUT2D eigenvalue weighted by Crippen LogP contribution is 2.26. The number of rotatable bonds is 55. The van der Waals surface area contributed by atoms with Gasteiger partial charge in [0, 0.05) is 6.42 Å². The first-order valence-corrected chi connectivity index (χ1v) is 33.0. The van der Waals surface area contributed by atoms with E-state index in [0.717, 1.165) is 116 Å². The topological polar surface area (TPSA) is 175 Å². The van der Waals surface area contributed by atoms with Gasteiger partial charge in [-0.15, -0.1) is 0 Å². The average molecular weight is 1140 g/mol. The number of esters is 1. The van der Waals surface area contributed by atoms with Gasteiger partial charge in [-0.25, -0.2) is 0 Å². The van der Waals surface area contributed by atoms with Crippen LogP contribution in [-0.2, 0) is 23.8 Å². The van der Waals surface area contributed by atoms with Gasteiger partial charge in [0.05, 0.1) is 25.4 Å². The summed E-state index contributed by atoms with van der Waals surface area (Å²) in [5, 5.41) is 57.1. The highest BCUT2D eigenvalue weighted by Gasteiger charge is 2.47. The van der Waals surface area contributed by atoms with Crippen molar-refractivity contribution >= 4 is 11.9 Å². The monoisotopic (exact) mass is 1140 g/mol. The number of hydrogen-bond acceptors (Lipinski definition) is 10. The molecule has 0 aromatic carbocycles. The third-order valence-corrected chi connectivity index (χ3v) is 15.0. The molecule has 81 heavy (non-hydrogen) atoms. The fourth-order valence-corrected chi connectivity index (χ4v) is 9.77. The largest absolute Gasteiger partial charge is 0.454 e. The highest BCUT2D eigenvalue weighted by atomic mass is 16.7. The summed E-state index contributed by atoms with van der Waals surface area (Å²) in [6, 6.07) is -1.04. The fraction of sp³-hybridized carbons (Fsp3) is 0.743. The Morgan fingerprint density at radius 3 is 1.36 bits per heavy atom. The predicted molar refractivity (Wildman–Crippen MR) is 338 cm³/mol. The molecule has 1 heterocycles. The first kappa shape index (κ1) is 75.6. The van der Waals surface area contributed by atoms with Gasteiger partial charge in [0.2, 0.25) is 5.91 Å². The lowest BCUT2D eigenvalue weighted by Crippen LogP contribution is -2.61.